The Morgan fingerprint density at radius 1 is 1.17 bits per heavy atom. The largest absolute Gasteiger partial charge is 0.453 e. The number of carbonyl (C=O) groups is 2. The summed E-state index contributed by atoms with van der Waals surface area (Å²) in [5.74, 6) is -0.428. The number of nitrogens with two attached hydrogens (primary N) is 1. The molecule has 41 heavy (non-hydrogen) atoms. The lowest BCUT2D eigenvalue weighted by atomic mass is 9.99. The Morgan fingerprint density at radius 3 is 2.49 bits per heavy atom. The van der Waals surface area contributed by atoms with Gasteiger partial charge in [0.15, 0.2) is 0 Å². The molecule has 0 unspecified atom stereocenters. The fourth-order valence-electron chi connectivity index (χ4n) is 4.02. The van der Waals surface area contributed by atoms with Crippen molar-refractivity contribution in [3.63, 3.8) is 0 Å². The summed E-state index contributed by atoms with van der Waals surface area (Å²) in [6, 6.07) is 12.0. The van der Waals surface area contributed by atoms with Crippen LogP contribution in [0.25, 0.3) is 0 Å². The van der Waals surface area contributed by atoms with Gasteiger partial charge in [0.05, 0.1) is 38.9 Å². The predicted molar refractivity (Wildman–Crippen MR) is 151 cm³/mol. The first kappa shape index (κ1) is 31.8. The van der Waals surface area contributed by atoms with Crippen LogP contribution >= 0.6 is 23.2 Å². The minimum Gasteiger partial charge on any atom is -0.453 e. The number of hydrogen-bond acceptors (Lipinski definition) is 6. The van der Waals surface area contributed by atoms with Gasteiger partial charge < -0.3 is 20.7 Å². The highest BCUT2D eigenvalue weighted by molar-refractivity contribution is 6.31. The molecule has 0 aliphatic carbocycles. The highest BCUT2D eigenvalue weighted by Crippen LogP contribution is 2.22. The molecule has 0 spiro atoms. The maximum atomic E-state index is 13.0. The van der Waals surface area contributed by atoms with Gasteiger partial charge in [-0.1, -0.05) is 41.4 Å². The molecule has 0 aromatic heterocycles. The minimum atomic E-state index is -4.54. The third kappa shape index (κ3) is 9.12. The number of likely N-dealkylation sites (tertiary alicyclic amines) is 1. The van der Waals surface area contributed by atoms with E-state index in [9.17, 15) is 22.8 Å². The smallest absolute Gasteiger partial charge is 0.409 e. The van der Waals surface area contributed by atoms with Crippen molar-refractivity contribution in [2.45, 2.75) is 25.6 Å². The average molecular weight is 613 g/mol. The van der Waals surface area contributed by atoms with Gasteiger partial charge in [0.2, 0.25) is 0 Å². The molecule has 1 aliphatic heterocycles. The summed E-state index contributed by atoms with van der Waals surface area (Å²) in [4.78, 5) is 32.0. The number of ether oxygens (including phenoxy) is 1. The van der Waals surface area contributed by atoms with Gasteiger partial charge in [-0.25, -0.2) is 9.59 Å². The number of nitrogens with zero attached hydrogens (tertiary/aromatic N) is 3. The monoisotopic (exact) mass is 612 g/mol. The molecule has 0 atom stereocenters. The molecule has 1 heterocycles. The second-order valence-electron chi connectivity index (χ2n) is 9.03. The molecule has 1 fully saturated rings. The van der Waals surface area contributed by atoms with Crippen molar-refractivity contribution in [3.05, 3.63) is 81.0 Å². The van der Waals surface area contributed by atoms with Crippen LogP contribution in [0.2, 0.25) is 10.0 Å². The summed E-state index contributed by atoms with van der Waals surface area (Å²) in [5, 5.41) is 11.8. The maximum Gasteiger partial charge on any atom is 0.409 e. The first-order valence-electron chi connectivity index (χ1n) is 12.4. The topological polar surface area (TPSA) is 124 Å². The van der Waals surface area contributed by atoms with Crippen molar-refractivity contribution in [1.29, 1.82) is 5.41 Å². The van der Waals surface area contributed by atoms with Gasteiger partial charge in [-0.05, 0) is 47.9 Å². The number of nitrogens with one attached hydrogen (secondary N) is 2. The standard InChI is InChI=1S/C27H29Cl2F3N6O3/c1-41-26(40)37-12-10-20(23(16-37)35-14-18-4-2-3-5-21(18)29)22(33)15-36-25(39)38(13-11-27(30,31)32)24(34)17-6-8-19(28)9-7-17/h2-9,34H,10-16,33H2,1H3,(H,36,39)/b22-20-,34-24?,35-23?. The zero-order chi connectivity index (χ0) is 30.2. The molecule has 1 aliphatic rings. The summed E-state index contributed by atoms with van der Waals surface area (Å²) in [6.45, 7) is -0.419. The van der Waals surface area contributed by atoms with Gasteiger partial charge in [0, 0.05) is 34.4 Å². The summed E-state index contributed by atoms with van der Waals surface area (Å²) < 4.78 is 43.8. The van der Waals surface area contributed by atoms with Gasteiger partial charge in [-0.3, -0.25) is 15.3 Å². The molecule has 3 amide bonds. The molecule has 0 radical (unpaired) electrons. The van der Waals surface area contributed by atoms with E-state index in [-0.39, 0.29) is 37.4 Å². The molecule has 1 saturated heterocycles. The van der Waals surface area contributed by atoms with E-state index in [0.717, 1.165) is 5.56 Å². The molecule has 9 nitrogen and oxygen atoms in total. The van der Waals surface area contributed by atoms with Crippen LogP contribution in [-0.4, -0.2) is 72.9 Å². The SMILES string of the molecule is COC(=O)N1CC/C(=C(/N)CNC(=O)N(CCC(F)(F)F)C(=N)c2ccc(Cl)cc2)C(=NCc2ccccc2Cl)C1. The highest BCUT2D eigenvalue weighted by atomic mass is 35.5. The number of hydrogen-bond donors (Lipinski definition) is 3. The maximum absolute atomic E-state index is 13.0. The van der Waals surface area contributed by atoms with Gasteiger partial charge in [0.1, 0.15) is 5.84 Å². The molecule has 2 aromatic carbocycles. The number of piperidine rings is 1. The van der Waals surface area contributed by atoms with Crippen LogP contribution in [0.1, 0.15) is 24.0 Å². The Hall–Kier alpha value is -3.77. The van der Waals surface area contributed by atoms with Gasteiger partial charge in [0.25, 0.3) is 0 Å². The van der Waals surface area contributed by atoms with Crippen molar-refractivity contribution >= 4 is 46.9 Å². The zero-order valence-corrected chi connectivity index (χ0v) is 23.6. The number of rotatable bonds is 7. The number of amides is 3. The summed E-state index contributed by atoms with van der Waals surface area (Å²) in [7, 11) is 1.27. The molecule has 220 valence electrons. The van der Waals surface area contributed by atoms with Crippen molar-refractivity contribution in [1.82, 2.24) is 15.1 Å². The first-order chi connectivity index (χ1) is 19.4. The van der Waals surface area contributed by atoms with Gasteiger partial charge >= 0.3 is 18.3 Å². The molecule has 4 N–H and O–H groups in total. The number of amidine groups is 1. The average Bonchev–Trinajstić information content (AvgIpc) is 2.94. The molecule has 0 bridgehead atoms. The van der Waals surface area contributed by atoms with Gasteiger partial charge in [-0.2, -0.15) is 13.2 Å². The number of carbonyl (C=O) groups excluding carboxylic acids is 2. The number of alkyl halides is 3. The quantitative estimate of drug-likeness (QED) is 0.278. The predicted octanol–water partition coefficient (Wildman–Crippen LogP) is 5.61. The zero-order valence-electron chi connectivity index (χ0n) is 22.1. The summed E-state index contributed by atoms with van der Waals surface area (Å²) >= 11 is 12.1. The summed E-state index contributed by atoms with van der Waals surface area (Å²) in [6.07, 6.45) is -6.09. The van der Waals surface area contributed by atoms with Crippen molar-refractivity contribution in [2.75, 3.05) is 33.3 Å². The normalized spacial score (nSPS) is 15.9. The second kappa shape index (κ2) is 14.2. The minimum absolute atomic E-state index is 0.0972. The van der Waals surface area contributed by atoms with Crippen LogP contribution in [0.15, 0.2) is 64.8 Å². The van der Waals surface area contributed by atoms with E-state index in [2.05, 4.69) is 10.3 Å². The number of aliphatic imine (C=N–C) groups is 1. The lowest BCUT2D eigenvalue weighted by molar-refractivity contribution is -0.135. The lowest BCUT2D eigenvalue weighted by Gasteiger charge is -2.30. The molecular weight excluding hydrogens is 584 g/mol. The van der Waals surface area contributed by atoms with Crippen LogP contribution < -0.4 is 11.1 Å². The highest BCUT2D eigenvalue weighted by Gasteiger charge is 2.31. The number of benzene rings is 2. The first-order valence-corrected chi connectivity index (χ1v) is 13.2. The number of halogens is 5. The summed E-state index contributed by atoms with van der Waals surface area (Å²) in [5.41, 5.74) is 8.60. The fourth-order valence-corrected chi connectivity index (χ4v) is 4.34. The van der Waals surface area contributed by atoms with E-state index in [4.69, 9.17) is 39.1 Å². The van der Waals surface area contributed by atoms with Crippen molar-refractivity contribution < 1.29 is 27.5 Å². The molecule has 14 heteroatoms. The molecular formula is C27H29Cl2F3N6O3. The second-order valence-corrected chi connectivity index (χ2v) is 9.87. The third-order valence-corrected chi connectivity index (χ3v) is 6.84. The molecule has 0 saturated carbocycles. The Morgan fingerprint density at radius 2 is 1.85 bits per heavy atom. The van der Waals surface area contributed by atoms with E-state index in [1.165, 1.54) is 36.3 Å². The fraction of sp³-hybridized carbons (Fsp3) is 0.333. The van der Waals surface area contributed by atoms with Gasteiger partial charge in [-0.15, -0.1) is 0 Å². The molecule has 3 rings (SSSR count). The van der Waals surface area contributed by atoms with E-state index >= 15 is 0 Å². The van der Waals surface area contributed by atoms with Crippen molar-refractivity contribution in [2.24, 2.45) is 10.7 Å². The Kier molecular flexibility index (Phi) is 11.0. The van der Waals surface area contributed by atoms with Crippen LogP contribution in [0.3, 0.4) is 0 Å². The Labute approximate surface area is 245 Å². The van der Waals surface area contributed by atoms with Crippen molar-refractivity contribution in [3.8, 4) is 0 Å². The lowest BCUT2D eigenvalue weighted by Crippen LogP contribution is -2.47. The van der Waals surface area contributed by atoms with E-state index in [1.807, 2.05) is 12.1 Å². The Balaban J connectivity index is 1.81. The van der Waals surface area contributed by atoms with Crippen LogP contribution in [0, 0.1) is 5.41 Å². The number of urea groups is 1. The van der Waals surface area contributed by atoms with E-state index in [1.54, 1.807) is 12.1 Å². The van der Waals surface area contributed by atoms with E-state index in [0.29, 0.717) is 32.7 Å². The van der Waals surface area contributed by atoms with Crippen LogP contribution in [0.5, 0.6) is 0 Å². The number of methoxy groups -OCH3 is 1. The Bertz CT molecular complexity index is 1330. The van der Waals surface area contributed by atoms with Crippen LogP contribution in [0.4, 0.5) is 22.8 Å². The van der Waals surface area contributed by atoms with E-state index < -0.39 is 37.1 Å². The third-order valence-electron chi connectivity index (χ3n) is 6.22. The molecule has 2 aromatic rings. The van der Waals surface area contributed by atoms with Crippen LogP contribution in [-0.2, 0) is 11.3 Å².